The third-order valence-electron chi connectivity index (χ3n) is 5.59. The van der Waals surface area contributed by atoms with Crippen molar-refractivity contribution in [2.75, 3.05) is 0 Å². The SMILES string of the molecule is C[C@]12CCc3c(cc(F)c4ccc(O)cc34)[C@@H]1C[C@@H](O)C2. The zero-order valence-corrected chi connectivity index (χ0v) is 12.1. The van der Waals surface area contributed by atoms with Crippen LogP contribution in [0.4, 0.5) is 4.39 Å². The fraction of sp³-hybridized carbons (Fsp3) is 0.444. The molecule has 3 atom stereocenters. The van der Waals surface area contributed by atoms with E-state index in [1.54, 1.807) is 18.2 Å². The van der Waals surface area contributed by atoms with E-state index in [4.69, 9.17) is 0 Å². The van der Waals surface area contributed by atoms with Gasteiger partial charge in [0.1, 0.15) is 11.6 Å². The molecule has 2 aliphatic rings. The summed E-state index contributed by atoms with van der Waals surface area (Å²) in [6.07, 6.45) is 3.13. The van der Waals surface area contributed by atoms with Crippen molar-refractivity contribution >= 4 is 10.8 Å². The van der Waals surface area contributed by atoms with Gasteiger partial charge in [-0.25, -0.2) is 4.39 Å². The van der Waals surface area contributed by atoms with Crippen molar-refractivity contribution in [2.24, 2.45) is 5.41 Å². The number of phenols is 1. The lowest BCUT2D eigenvalue weighted by atomic mass is 9.66. The van der Waals surface area contributed by atoms with Gasteiger partial charge in [-0.3, -0.25) is 0 Å². The highest BCUT2D eigenvalue weighted by atomic mass is 19.1. The van der Waals surface area contributed by atoms with Gasteiger partial charge in [-0.2, -0.15) is 0 Å². The second-order valence-corrected chi connectivity index (χ2v) is 6.96. The Bertz CT molecular complexity index is 740. The van der Waals surface area contributed by atoms with E-state index in [1.165, 1.54) is 6.07 Å². The number of aliphatic hydroxyl groups is 1. The fourth-order valence-electron chi connectivity index (χ4n) is 4.55. The number of phenolic OH excluding ortho intramolecular Hbond substituents is 1. The number of aromatic hydroxyl groups is 1. The summed E-state index contributed by atoms with van der Waals surface area (Å²) in [4.78, 5) is 0. The molecule has 4 rings (SSSR count). The molecule has 0 radical (unpaired) electrons. The van der Waals surface area contributed by atoms with Crippen molar-refractivity contribution in [1.82, 2.24) is 0 Å². The molecule has 1 fully saturated rings. The van der Waals surface area contributed by atoms with Crippen molar-refractivity contribution in [3.8, 4) is 5.75 Å². The number of hydrogen-bond donors (Lipinski definition) is 2. The van der Waals surface area contributed by atoms with Gasteiger partial charge in [-0.05, 0) is 77.8 Å². The Hall–Kier alpha value is -1.61. The number of benzene rings is 2. The number of fused-ring (bicyclic) bond motifs is 5. The van der Waals surface area contributed by atoms with Crippen LogP contribution in [0, 0.1) is 11.2 Å². The molecule has 0 aliphatic heterocycles. The molecular weight excluding hydrogens is 267 g/mol. The lowest BCUT2D eigenvalue weighted by Crippen LogP contribution is -2.27. The maximum atomic E-state index is 14.4. The Morgan fingerprint density at radius 2 is 2.05 bits per heavy atom. The van der Waals surface area contributed by atoms with Crippen LogP contribution in [0.2, 0.25) is 0 Å². The van der Waals surface area contributed by atoms with Crippen molar-refractivity contribution in [3.63, 3.8) is 0 Å². The third kappa shape index (κ3) is 1.80. The van der Waals surface area contributed by atoms with Crippen molar-refractivity contribution < 1.29 is 14.6 Å². The van der Waals surface area contributed by atoms with Crippen LogP contribution in [0.1, 0.15) is 43.2 Å². The smallest absolute Gasteiger partial charge is 0.131 e. The van der Waals surface area contributed by atoms with Gasteiger partial charge in [0.2, 0.25) is 0 Å². The van der Waals surface area contributed by atoms with Gasteiger partial charge in [-0.1, -0.05) is 6.92 Å². The van der Waals surface area contributed by atoms with Crippen LogP contribution in [0.3, 0.4) is 0 Å². The predicted octanol–water partition coefficient (Wildman–Crippen LogP) is 3.88. The number of halogens is 1. The number of rotatable bonds is 0. The first-order valence-corrected chi connectivity index (χ1v) is 7.60. The van der Waals surface area contributed by atoms with Gasteiger partial charge in [0, 0.05) is 5.39 Å². The summed E-state index contributed by atoms with van der Waals surface area (Å²) >= 11 is 0. The molecular formula is C18H19FO2. The molecule has 2 nitrogen and oxygen atoms in total. The molecule has 0 spiro atoms. The summed E-state index contributed by atoms with van der Waals surface area (Å²) in [5.74, 6) is 0.169. The average molecular weight is 286 g/mol. The first-order chi connectivity index (χ1) is 9.98. The molecule has 3 heteroatoms. The monoisotopic (exact) mass is 286 g/mol. The van der Waals surface area contributed by atoms with E-state index in [1.807, 2.05) is 0 Å². The van der Waals surface area contributed by atoms with E-state index < -0.39 is 0 Å². The molecule has 1 saturated carbocycles. The molecule has 2 aromatic carbocycles. The second-order valence-electron chi connectivity index (χ2n) is 6.96. The lowest BCUT2D eigenvalue weighted by Gasteiger charge is -2.38. The Morgan fingerprint density at radius 1 is 1.24 bits per heavy atom. The summed E-state index contributed by atoms with van der Waals surface area (Å²) in [6.45, 7) is 2.21. The van der Waals surface area contributed by atoms with Crippen molar-refractivity contribution in [2.45, 2.75) is 44.6 Å². The van der Waals surface area contributed by atoms with Crippen LogP contribution in [-0.2, 0) is 6.42 Å². The summed E-state index contributed by atoms with van der Waals surface area (Å²) in [5, 5.41) is 21.2. The standard InChI is InChI=1S/C18H19FO2/c1-18-5-4-12-14-6-10(20)2-3-13(14)17(19)8-15(12)16(18)7-11(21)9-18/h2-3,6,8,11,16,20-21H,4-5,7,9H2,1H3/t11-,16+,18-/m1/s1. The van der Waals surface area contributed by atoms with Crippen LogP contribution in [0.5, 0.6) is 5.75 Å². The normalized spacial score (nSPS) is 31.2. The van der Waals surface area contributed by atoms with E-state index in [-0.39, 0.29) is 29.0 Å². The zero-order chi connectivity index (χ0) is 14.8. The molecule has 0 aromatic heterocycles. The van der Waals surface area contributed by atoms with Gasteiger partial charge < -0.3 is 10.2 Å². The average Bonchev–Trinajstić information content (AvgIpc) is 2.73. The first-order valence-electron chi connectivity index (χ1n) is 7.60. The molecule has 2 aliphatic carbocycles. The molecule has 0 bridgehead atoms. The number of aliphatic hydroxyl groups excluding tert-OH is 1. The van der Waals surface area contributed by atoms with E-state index in [2.05, 4.69) is 6.92 Å². The highest BCUT2D eigenvalue weighted by Gasteiger charge is 2.47. The van der Waals surface area contributed by atoms with Gasteiger partial charge in [0.25, 0.3) is 0 Å². The topological polar surface area (TPSA) is 40.5 Å². The molecule has 0 unspecified atom stereocenters. The Kier molecular flexibility index (Phi) is 2.62. The Morgan fingerprint density at radius 3 is 2.86 bits per heavy atom. The number of aryl methyl sites for hydroxylation is 1. The van der Waals surface area contributed by atoms with E-state index >= 15 is 0 Å². The summed E-state index contributed by atoms with van der Waals surface area (Å²) in [5.41, 5.74) is 2.26. The fourth-order valence-corrected chi connectivity index (χ4v) is 4.55. The summed E-state index contributed by atoms with van der Waals surface area (Å²) < 4.78 is 14.4. The van der Waals surface area contributed by atoms with Crippen LogP contribution in [0.15, 0.2) is 24.3 Å². The van der Waals surface area contributed by atoms with E-state index in [0.29, 0.717) is 11.8 Å². The van der Waals surface area contributed by atoms with Gasteiger partial charge >= 0.3 is 0 Å². The van der Waals surface area contributed by atoms with Crippen LogP contribution in [-0.4, -0.2) is 16.3 Å². The van der Waals surface area contributed by atoms with E-state index in [9.17, 15) is 14.6 Å². The van der Waals surface area contributed by atoms with E-state index in [0.717, 1.165) is 35.8 Å². The second kappa shape index (κ2) is 4.20. The maximum Gasteiger partial charge on any atom is 0.131 e. The molecule has 0 heterocycles. The summed E-state index contributed by atoms with van der Waals surface area (Å²) in [7, 11) is 0. The summed E-state index contributed by atoms with van der Waals surface area (Å²) in [6, 6.07) is 6.52. The highest BCUT2D eigenvalue weighted by Crippen LogP contribution is 2.56. The minimum absolute atomic E-state index is 0.0728. The minimum atomic E-state index is -0.283. The quantitative estimate of drug-likeness (QED) is 0.771. The van der Waals surface area contributed by atoms with Gasteiger partial charge in [0.05, 0.1) is 6.10 Å². The molecule has 2 N–H and O–H groups in total. The van der Waals surface area contributed by atoms with Crippen molar-refractivity contribution in [3.05, 3.63) is 41.2 Å². The minimum Gasteiger partial charge on any atom is -0.508 e. The van der Waals surface area contributed by atoms with Crippen molar-refractivity contribution in [1.29, 1.82) is 0 Å². The van der Waals surface area contributed by atoms with Crippen LogP contribution in [0.25, 0.3) is 10.8 Å². The molecule has 0 saturated heterocycles. The number of hydrogen-bond acceptors (Lipinski definition) is 2. The molecule has 2 aromatic rings. The first kappa shape index (κ1) is 13.1. The Balaban J connectivity index is 1.99. The predicted molar refractivity (Wildman–Crippen MR) is 80.0 cm³/mol. The zero-order valence-electron chi connectivity index (χ0n) is 12.1. The van der Waals surface area contributed by atoms with Gasteiger partial charge in [-0.15, -0.1) is 0 Å². The third-order valence-corrected chi connectivity index (χ3v) is 5.59. The molecule has 0 amide bonds. The maximum absolute atomic E-state index is 14.4. The molecule has 21 heavy (non-hydrogen) atoms. The lowest BCUT2D eigenvalue weighted by molar-refractivity contribution is 0.159. The highest BCUT2D eigenvalue weighted by molar-refractivity contribution is 5.89. The largest absolute Gasteiger partial charge is 0.508 e. The Labute approximate surface area is 123 Å². The van der Waals surface area contributed by atoms with Crippen LogP contribution >= 0.6 is 0 Å². The van der Waals surface area contributed by atoms with Gasteiger partial charge in [0.15, 0.2) is 0 Å². The molecule has 110 valence electrons. The van der Waals surface area contributed by atoms with Crippen LogP contribution < -0.4 is 0 Å².